The third kappa shape index (κ3) is 1.88. The molecule has 1 aliphatic rings. The summed E-state index contributed by atoms with van der Waals surface area (Å²) in [6.45, 7) is 0. The largest absolute Gasteiger partial charge is 0.301 e. The van der Waals surface area contributed by atoms with Crippen molar-refractivity contribution in [2.24, 2.45) is 0 Å². The smallest absolute Gasteiger partial charge is 0.260 e. The van der Waals surface area contributed by atoms with Crippen molar-refractivity contribution in [1.29, 1.82) is 0 Å². The molecule has 3 heterocycles. The van der Waals surface area contributed by atoms with Gasteiger partial charge in [-0.25, -0.2) is 13.4 Å². The van der Waals surface area contributed by atoms with E-state index in [0.717, 1.165) is 10.4 Å². The molecule has 0 aliphatic carbocycles. The number of aromatic nitrogens is 2. The average Bonchev–Trinajstić information content (AvgIpc) is 2.64. The summed E-state index contributed by atoms with van der Waals surface area (Å²) in [5.74, 6) is 0.160. The maximum atomic E-state index is 12.0. The molecule has 2 aromatic heterocycles. The van der Waals surface area contributed by atoms with Crippen molar-refractivity contribution in [3.05, 3.63) is 20.8 Å². The van der Waals surface area contributed by atoms with E-state index in [1.165, 1.54) is 23.1 Å². The van der Waals surface area contributed by atoms with Crippen molar-refractivity contribution >= 4 is 43.2 Å². The Kier molecular flexibility index (Phi) is 2.76. The second-order valence-corrected chi connectivity index (χ2v) is 8.16. The monoisotopic (exact) mass is 302 g/mol. The predicted molar refractivity (Wildman–Crippen MR) is 73.2 cm³/mol. The zero-order valence-corrected chi connectivity index (χ0v) is 12.0. The van der Waals surface area contributed by atoms with Crippen molar-refractivity contribution in [2.75, 3.05) is 12.0 Å². The molecule has 1 aliphatic heterocycles. The topological polar surface area (TPSA) is 79.9 Å². The second-order valence-electron chi connectivity index (χ2n) is 4.10. The minimum atomic E-state index is -3.01. The van der Waals surface area contributed by atoms with E-state index >= 15 is 0 Å². The van der Waals surface area contributed by atoms with Gasteiger partial charge in [0.15, 0.2) is 15.0 Å². The van der Waals surface area contributed by atoms with Crippen LogP contribution in [0.4, 0.5) is 0 Å². The van der Waals surface area contributed by atoms with Crippen LogP contribution in [0, 0.1) is 0 Å². The Labute approximate surface area is 112 Å². The number of hydrogen-bond acceptors (Lipinski definition) is 6. The molecular weight excluding hydrogens is 292 g/mol. The van der Waals surface area contributed by atoms with Crippen molar-refractivity contribution in [1.82, 2.24) is 9.97 Å². The fourth-order valence-electron chi connectivity index (χ4n) is 2.10. The van der Waals surface area contributed by atoms with Gasteiger partial charge in [0.1, 0.15) is 4.83 Å². The highest BCUT2D eigenvalue weighted by molar-refractivity contribution is 7.98. The Bertz CT molecular complexity index is 789. The van der Waals surface area contributed by atoms with Gasteiger partial charge in [0.05, 0.1) is 16.9 Å². The molecule has 0 spiro atoms. The van der Waals surface area contributed by atoms with Gasteiger partial charge >= 0.3 is 0 Å². The molecule has 0 saturated heterocycles. The summed E-state index contributed by atoms with van der Waals surface area (Å²) in [5.41, 5.74) is 0.701. The molecule has 0 bridgehead atoms. The molecule has 18 heavy (non-hydrogen) atoms. The SMILES string of the molecule is CSc1nc2sc3c(c2c(=O)[nH]1)CCS(=O)(=O)C3. The van der Waals surface area contributed by atoms with Crippen LogP contribution in [0.2, 0.25) is 0 Å². The Morgan fingerprint density at radius 3 is 2.94 bits per heavy atom. The number of sulfone groups is 1. The fraction of sp³-hybridized carbons (Fsp3) is 0.400. The van der Waals surface area contributed by atoms with Gasteiger partial charge < -0.3 is 4.98 Å². The van der Waals surface area contributed by atoms with Gasteiger partial charge in [-0.2, -0.15) is 0 Å². The van der Waals surface area contributed by atoms with Gasteiger partial charge in [0.25, 0.3) is 5.56 Å². The van der Waals surface area contributed by atoms with Gasteiger partial charge in [-0.3, -0.25) is 4.79 Å². The lowest BCUT2D eigenvalue weighted by molar-refractivity contribution is 0.592. The number of hydrogen-bond donors (Lipinski definition) is 1. The van der Waals surface area contributed by atoms with Crippen LogP contribution >= 0.6 is 23.1 Å². The van der Waals surface area contributed by atoms with Crippen LogP contribution < -0.4 is 5.56 Å². The minimum absolute atomic E-state index is 0.0391. The Hall–Kier alpha value is -0.860. The van der Waals surface area contributed by atoms with Crippen molar-refractivity contribution in [3.63, 3.8) is 0 Å². The highest BCUT2D eigenvalue weighted by atomic mass is 32.2. The van der Waals surface area contributed by atoms with E-state index in [9.17, 15) is 13.2 Å². The normalized spacial score (nSPS) is 17.8. The van der Waals surface area contributed by atoms with Gasteiger partial charge in [-0.1, -0.05) is 11.8 Å². The number of aryl methyl sites for hydroxylation is 1. The van der Waals surface area contributed by atoms with E-state index < -0.39 is 9.84 Å². The summed E-state index contributed by atoms with van der Waals surface area (Å²) < 4.78 is 23.2. The van der Waals surface area contributed by atoms with Crippen LogP contribution in [0.3, 0.4) is 0 Å². The van der Waals surface area contributed by atoms with E-state index in [-0.39, 0.29) is 17.1 Å². The summed E-state index contributed by atoms with van der Waals surface area (Å²) in [6, 6.07) is 0. The number of thiophene rings is 1. The number of nitrogens with one attached hydrogen (secondary N) is 1. The lowest BCUT2D eigenvalue weighted by Crippen LogP contribution is -2.18. The quantitative estimate of drug-likeness (QED) is 0.632. The zero-order valence-electron chi connectivity index (χ0n) is 9.52. The summed E-state index contributed by atoms with van der Waals surface area (Å²) in [5, 5.41) is 1.14. The molecule has 8 heteroatoms. The van der Waals surface area contributed by atoms with Crippen molar-refractivity contribution in [2.45, 2.75) is 17.3 Å². The van der Waals surface area contributed by atoms with Gasteiger partial charge in [0.2, 0.25) is 0 Å². The number of aromatic amines is 1. The summed E-state index contributed by atoms with van der Waals surface area (Å²) in [7, 11) is -3.01. The molecule has 96 valence electrons. The van der Waals surface area contributed by atoms with E-state index in [4.69, 9.17) is 0 Å². The highest BCUT2D eigenvalue weighted by Crippen LogP contribution is 2.33. The van der Waals surface area contributed by atoms with E-state index in [1.54, 1.807) is 0 Å². The lowest BCUT2D eigenvalue weighted by Gasteiger charge is -2.11. The highest BCUT2D eigenvalue weighted by Gasteiger charge is 2.27. The van der Waals surface area contributed by atoms with Gasteiger partial charge in [-0.15, -0.1) is 11.3 Å². The zero-order chi connectivity index (χ0) is 12.9. The molecule has 0 saturated carbocycles. The second kappa shape index (κ2) is 4.07. The number of nitrogens with zero attached hydrogens (tertiary/aromatic N) is 1. The van der Waals surface area contributed by atoms with Gasteiger partial charge in [-0.05, 0) is 18.2 Å². The molecule has 0 amide bonds. The molecular formula is C10H10N2O3S3. The van der Waals surface area contributed by atoms with Crippen molar-refractivity contribution < 1.29 is 8.42 Å². The molecule has 1 N–H and O–H groups in total. The molecule has 2 aromatic rings. The maximum Gasteiger partial charge on any atom is 0.260 e. The summed E-state index contributed by atoms with van der Waals surface area (Å²) in [6.07, 6.45) is 2.25. The van der Waals surface area contributed by atoms with E-state index in [0.29, 0.717) is 21.8 Å². The molecule has 5 nitrogen and oxygen atoms in total. The first kappa shape index (κ1) is 12.2. The van der Waals surface area contributed by atoms with Crippen LogP contribution in [0.15, 0.2) is 9.95 Å². The van der Waals surface area contributed by atoms with Crippen LogP contribution in [0.25, 0.3) is 10.2 Å². The van der Waals surface area contributed by atoms with Crippen LogP contribution in [-0.4, -0.2) is 30.4 Å². The van der Waals surface area contributed by atoms with Gasteiger partial charge in [0, 0.05) is 4.88 Å². The maximum absolute atomic E-state index is 12.0. The van der Waals surface area contributed by atoms with Crippen molar-refractivity contribution in [3.8, 4) is 0 Å². The third-order valence-corrected chi connectivity index (χ3v) is 6.37. The molecule has 0 unspecified atom stereocenters. The molecule has 3 rings (SSSR count). The Balaban J connectivity index is 2.31. The first-order valence-corrected chi connectivity index (χ1v) is 9.15. The summed E-state index contributed by atoms with van der Waals surface area (Å²) in [4.78, 5) is 20.5. The fourth-order valence-corrected chi connectivity index (χ4v) is 5.56. The standard InChI is InChI=1S/C10H10N2O3S3/c1-16-10-11-8(13)7-5-2-3-18(14,15)4-6(5)17-9(7)12-10/h2-4H2,1H3,(H,11,12,13). The molecule has 0 radical (unpaired) electrons. The third-order valence-electron chi connectivity index (χ3n) is 2.93. The summed E-state index contributed by atoms with van der Waals surface area (Å²) >= 11 is 2.69. The molecule has 0 fully saturated rings. The average molecular weight is 302 g/mol. The van der Waals surface area contributed by atoms with Crippen LogP contribution in [0.1, 0.15) is 10.4 Å². The number of fused-ring (bicyclic) bond motifs is 3. The predicted octanol–water partition coefficient (Wildman–Crippen LogP) is 1.18. The molecule has 0 atom stereocenters. The Morgan fingerprint density at radius 2 is 2.22 bits per heavy atom. The first-order valence-electron chi connectivity index (χ1n) is 5.29. The number of H-pyrrole nitrogens is 1. The number of thioether (sulfide) groups is 1. The molecule has 0 aromatic carbocycles. The number of rotatable bonds is 1. The van der Waals surface area contributed by atoms with Crippen LogP contribution in [-0.2, 0) is 22.0 Å². The van der Waals surface area contributed by atoms with E-state index in [2.05, 4.69) is 9.97 Å². The first-order chi connectivity index (χ1) is 8.50. The van der Waals surface area contributed by atoms with Crippen LogP contribution in [0.5, 0.6) is 0 Å². The van der Waals surface area contributed by atoms with E-state index in [1.807, 2.05) is 6.26 Å². The minimum Gasteiger partial charge on any atom is -0.301 e. The lowest BCUT2D eigenvalue weighted by atomic mass is 10.1. The Morgan fingerprint density at radius 1 is 1.44 bits per heavy atom.